The van der Waals surface area contributed by atoms with Crippen molar-refractivity contribution in [2.24, 2.45) is 0 Å². The number of rotatable bonds is 4. The first-order valence-electron chi connectivity index (χ1n) is 5.52. The van der Waals surface area contributed by atoms with Crippen LogP contribution >= 0.6 is 0 Å². The quantitative estimate of drug-likeness (QED) is 0.929. The van der Waals surface area contributed by atoms with Crippen molar-refractivity contribution in [2.75, 3.05) is 4.72 Å². The van der Waals surface area contributed by atoms with Crippen LogP contribution in [0.5, 0.6) is 0 Å². The summed E-state index contributed by atoms with van der Waals surface area (Å²) in [5, 5.41) is 12.3. The highest BCUT2D eigenvalue weighted by Crippen LogP contribution is 2.16. The van der Waals surface area contributed by atoms with Crippen LogP contribution in [0, 0.1) is 24.1 Å². The Morgan fingerprint density at radius 1 is 1.45 bits per heavy atom. The highest BCUT2D eigenvalue weighted by molar-refractivity contribution is 7.91. The standard InChI is InChI=1S/C12H10FN3O3S/c1-8-4-11(15-19-8)7-20(17,18)16-10-2-3-12(13)9(5-10)6-14/h2-5,16H,7H2,1H3. The smallest absolute Gasteiger partial charge is 0.238 e. The van der Waals surface area contributed by atoms with Gasteiger partial charge in [-0.25, -0.2) is 12.8 Å². The van der Waals surface area contributed by atoms with Crippen LogP contribution in [-0.2, 0) is 15.8 Å². The van der Waals surface area contributed by atoms with Gasteiger partial charge in [-0.1, -0.05) is 5.16 Å². The number of nitriles is 1. The molecule has 1 N–H and O–H groups in total. The van der Waals surface area contributed by atoms with Crippen molar-refractivity contribution in [3.8, 4) is 6.07 Å². The Balaban J connectivity index is 2.18. The summed E-state index contributed by atoms with van der Waals surface area (Å²) in [5.74, 6) is -0.574. The number of halogens is 1. The first-order valence-corrected chi connectivity index (χ1v) is 7.17. The molecule has 8 heteroatoms. The summed E-state index contributed by atoms with van der Waals surface area (Å²) in [7, 11) is -3.72. The summed E-state index contributed by atoms with van der Waals surface area (Å²) in [6, 6.07) is 6.53. The lowest BCUT2D eigenvalue weighted by Gasteiger charge is -2.06. The van der Waals surface area contributed by atoms with Crippen molar-refractivity contribution < 1.29 is 17.3 Å². The fraction of sp³-hybridized carbons (Fsp3) is 0.167. The highest BCUT2D eigenvalue weighted by atomic mass is 32.2. The Morgan fingerprint density at radius 3 is 2.80 bits per heavy atom. The summed E-state index contributed by atoms with van der Waals surface area (Å²) >= 11 is 0. The van der Waals surface area contributed by atoms with Crippen LogP contribution in [0.3, 0.4) is 0 Å². The third-order valence-electron chi connectivity index (χ3n) is 2.37. The molecule has 0 spiro atoms. The normalized spacial score (nSPS) is 11.1. The molecule has 1 aromatic carbocycles. The van der Waals surface area contributed by atoms with Gasteiger partial charge in [-0.3, -0.25) is 4.72 Å². The number of anilines is 1. The van der Waals surface area contributed by atoms with Gasteiger partial charge >= 0.3 is 0 Å². The fourth-order valence-electron chi connectivity index (χ4n) is 1.57. The van der Waals surface area contributed by atoms with Gasteiger partial charge in [0.15, 0.2) is 0 Å². The van der Waals surface area contributed by atoms with Crippen LogP contribution in [0.2, 0.25) is 0 Å². The molecular formula is C12H10FN3O3S. The van der Waals surface area contributed by atoms with Gasteiger partial charge in [0, 0.05) is 6.07 Å². The number of hydrogen-bond donors (Lipinski definition) is 1. The highest BCUT2D eigenvalue weighted by Gasteiger charge is 2.15. The van der Waals surface area contributed by atoms with E-state index in [0.717, 1.165) is 12.1 Å². The average Bonchev–Trinajstić information content (AvgIpc) is 2.76. The minimum atomic E-state index is -3.72. The lowest BCUT2D eigenvalue weighted by Crippen LogP contribution is -2.15. The summed E-state index contributed by atoms with van der Waals surface area (Å²) in [4.78, 5) is 0. The second-order valence-electron chi connectivity index (χ2n) is 4.10. The monoisotopic (exact) mass is 295 g/mol. The molecule has 0 aliphatic carbocycles. The third-order valence-corrected chi connectivity index (χ3v) is 3.60. The van der Waals surface area contributed by atoms with Crippen molar-refractivity contribution in [2.45, 2.75) is 12.7 Å². The number of aromatic nitrogens is 1. The number of aryl methyl sites for hydroxylation is 1. The number of nitrogens with zero attached hydrogens (tertiary/aromatic N) is 2. The van der Waals surface area contributed by atoms with E-state index in [-0.39, 0.29) is 22.7 Å². The van der Waals surface area contributed by atoms with Crippen LogP contribution in [0.4, 0.5) is 10.1 Å². The second-order valence-corrected chi connectivity index (χ2v) is 5.82. The molecule has 1 heterocycles. The van der Waals surface area contributed by atoms with Crippen molar-refractivity contribution in [1.82, 2.24) is 5.16 Å². The molecule has 0 aliphatic heterocycles. The molecule has 0 fully saturated rings. The van der Waals surface area contributed by atoms with Gasteiger partial charge in [-0.2, -0.15) is 5.26 Å². The summed E-state index contributed by atoms with van der Waals surface area (Å²) in [6.45, 7) is 1.65. The first-order chi connectivity index (χ1) is 9.39. The first kappa shape index (κ1) is 14.0. The largest absolute Gasteiger partial charge is 0.361 e. The molecule has 20 heavy (non-hydrogen) atoms. The number of benzene rings is 1. The van der Waals surface area contributed by atoms with Gasteiger partial charge in [0.1, 0.15) is 29.1 Å². The van der Waals surface area contributed by atoms with Gasteiger partial charge in [-0.05, 0) is 25.1 Å². The number of hydrogen-bond acceptors (Lipinski definition) is 5. The molecule has 2 aromatic rings. The van der Waals surface area contributed by atoms with E-state index >= 15 is 0 Å². The van der Waals surface area contributed by atoms with E-state index < -0.39 is 15.8 Å². The maximum Gasteiger partial charge on any atom is 0.238 e. The average molecular weight is 295 g/mol. The maximum absolute atomic E-state index is 13.1. The fourth-order valence-corrected chi connectivity index (χ4v) is 2.65. The van der Waals surface area contributed by atoms with Gasteiger partial charge in [-0.15, -0.1) is 0 Å². The van der Waals surface area contributed by atoms with Gasteiger partial charge in [0.2, 0.25) is 10.0 Å². The SMILES string of the molecule is Cc1cc(CS(=O)(=O)Nc2ccc(F)c(C#N)c2)no1. The summed E-state index contributed by atoms with van der Waals surface area (Å²) < 4.78 is 43.9. The molecule has 0 saturated carbocycles. The predicted octanol–water partition coefficient (Wildman–Crippen LogP) is 1.94. The zero-order valence-electron chi connectivity index (χ0n) is 10.4. The zero-order valence-corrected chi connectivity index (χ0v) is 11.2. The molecule has 0 saturated heterocycles. The Hall–Kier alpha value is -2.40. The molecule has 0 amide bonds. The summed E-state index contributed by atoms with van der Waals surface area (Å²) in [5.41, 5.74) is 0.142. The van der Waals surface area contributed by atoms with E-state index in [1.807, 2.05) is 0 Å². The Kier molecular flexibility index (Phi) is 3.72. The van der Waals surface area contributed by atoms with Gasteiger partial charge in [0.25, 0.3) is 0 Å². The van der Waals surface area contributed by atoms with Crippen LogP contribution in [0.1, 0.15) is 17.0 Å². The zero-order chi connectivity index (χ0) is 14.8. The van der Waals surface area contributed by atoms with Crippen molar-refractivity contribution in [3.05, 3.63) is 47.1 Å². The van der Waals surface area contributed by atoms with E-state index in [1.54, 1.807) is 13.0 Å². The summed E-state index contributed by atoms with van der Waals surface area (Å²) in [6.07, 6.45) is 0. The molecule has 2 rings (SSSR count). The van der Waals surface area contributed by atoms with Gasteiger partial charge < -0.3 is 4.52 Å². The van der Waals surface area contributed by atoms with Crippen molar-refractivity contribution >= 4 is 15.7 Å². The topological polar surface area (TPSA) is 96.0 Å². The molecule has 0 aliphatic rings. The van der Waals surface area contributed by atoms with Crippen LogP contribution in [-0.4, -0.2) is 13.6 Å². The Labute approximate surface area is 114 Å². The van der Waals surface area contributed by atoms with Crippen LogP contribution in [0.25, 0.3) is 0 Å². The minimum absolute atomic E-state index is 0.114. The molecule has 0 radical (unpaired) electrons. The Bertz CT molecular complexity index is 777. The third kappa shape index (κ3) is 3.33. The number of sulfonamides is 1. The molecule has 0 unspecified atom stereocenters. The lowest BCUT2D eigenvalue weighted by atomic mass is 10.2. The minimum Gasteiger partial charge on any atom is -0.361 e. The lowest BCUT2D eigenvalue weighted by molar-refractivity contribution is 0.392. The van der Waals surface area contributed by atoms with Crippen LogP contribution in [0.15, 0.2) is 28.8 Å². The van der Waals surface area contributed by atoms with Crippen molar-refractivity contribution in [3.63, 3.8) is 0 Å². The van der Waals surface area contributed by atoms with E-state index in [2.05, 4.69) is 9.88 Å². The van der Waals surface area contributed by atoms with E-state index in [1.165, 1.54) is 12.1 Å². The van der Waals surface area contributed by atoms with E-state index in [9.17, 15) is 12.8 Å². The molecular weight excluding hydrogens is 285 g/mol. The maximum atomic E-state index is 13.1. The van der Waals surface area contributed by atoms with Gasteiger partial charge in [0.05, 0.1) is 11.3 Å². The van der Waals surface area contributed by atoms with Crippen LogP contribution < -0.4 is 4.72 Å². The molecule has 104 valence electrons. The Morgan fingerprint density at radius 2 is 2.20 bits per heavy atom. The molecule has 0 bridgehead atoms. The number of nitrogens with one attached hydrogen (secondary N) is 1. The molecule has 1 aromatic heterocycles. The molecule has 6 nitrogen and oxygen atoms in total. The van der Waals surface area contributed by atoms with Crippen molar-refractivity contribution in [1.29, 1.82) is 5.26 Å². The second kappa shape index (κ2) is 5.30. The van der Waals surface area contributed by atoms with E-state index in [4.69, 9.17) is 9.78 Å². The predicted molar refractivity (Wildman–Crippen MR) is 68.6 cm³/mol. The molecule has 0 atom stereocenters. The van der Waals surface area contributed by atoms with E-state index in [0.29, 0.717) is 5.76 Å².